The largest absolute Gasteiger partial charge is 0.344 e. The molecular weight excluding hydrogens is 329 g/mol. The zero-order valence-corrected chi connectivity index (χ0v) is 14.8. The number of pyridine rings is 1. The van der Waals surface area contributed by atoms with Crippen LogP contribution in [0.1, 0.15) is 12.8 Å². The number of piperidine rings is 1. The fourth-order valence-corrected chi connectivity index (χ4v) is 3.45. The zero-order valence-electron chi connectivity index (χ0n) is 14.8. The van der Waals surface area contributed by atoms with E-state index in [2.05, 4.69) is 27.3 Å². The number of fused-ring (bicyclic) bond motifs is 1. The van der Waals surface area contributed by atoms with Crippen LogP contribution in [0.15, 0.2) is 49.1 Å². The van der Waals surface area contributed by atoms with E-state index in [0.717, 1.165) is 53.8 Å². The van der Waals surface area contributed by atoms with Crippen molar-refractivity contribution in [1.29, 1.82) is 0 Å². The van der Waals surface area contributed by atoms with Crippen LogP contribution < -0.4 is 10.6 Å². The molecule has 1 saturated heterocycles. The highest BCUT2D eigenvalue weighted by Gasteiger charge is 2.17. The molecule has 0 saturated carbocycles. The van der Waals surface area contributed by atoms with Crippen molar-refractivity contribution in [2.45, 2.75) is 12.8 Å². The predicted molar refractivity (Wildman–Crippen MR) is 102 cm³/mol. The molecule has 1 aromatic carbocycles. The highest BCUT2D eigenvalue weighted by Crippen LogP contribution is 2.29. The Bertz CT molecular complexity index is 956. The highest BCUT2D eigenvalue weighted by atomic mass is 19.1. The number of aromatic nitrogens is 3. The fraction of sp³-hybridized carbons (Fsp3) is 0.300. The molecule has 4 rings (SSSR count). The summed E-state index contributed by atoms with van der Waals surface area (Å²) in [5, 5.41) is 12.5. The molecule has 2 N–H and O–H groups in total. The Morgan fingerprint density at radius 1 is 1.23 bits per heavy atom. The van der Waals surface area contributed by atoms with Crippen LogP contribution in [0.4, 0.5) is 10.2 Å². The van der Waals surface area contributed by atoms with Gasteiger partial charge in [-0.15, -0.1) is 0 Å². The first kappa shape index (κ1) is 16.7. The normalized spacial score (nSPS) is 15.3. The van der Waals surface area contributed by atoms with Crippen molar-refractivity contribution in [2.75, 3.05) is 18.4 Å². The van der Waals surface area contributed by atoms with E-state index >= 15 is 0 Å². The van der Waals surface area contributed by atoms with E-state index in [4.69, 9.17) is 0 Å². The summed E-state index contributed by atoms with van der Waals surface area (Å²) in [6.07, 6.45) is 7.34. The minimum atomic E-state index is -0.271. The van der Waals surface area contributed by atoms with Crippen LogP contribution in [-0.4, -0.2) is 27.9 Å². The number of hydrogen-bond acceptors (Lipinski definition) is 4. The number of aryl methyl sites for hydroxylation is 1. The maximum Gasteiger partial charge on any atom is 0.131 e. The predicted octanol–water partition coefficient (Wildman–Crippen LogP) is 3.70. The van der Waals surface area contributed by atoms with Crippen LogP contribution in [0.2, 0.25) is 0 Å². The van der Waals surface area contributed by atoms with Gasteiger partial charge in [-0.25, -0.2) is 9.37 Å². The van der Waals surface area contributed by atoms with Crippen LogP contribution >= 0.6 is 0 Å². The van der Waals surface area contributed by atoms with Crippen molar-refractivity contribution in [1.82, 2.24) is 20.1 Å². The standard InChI is InChI=1S/C20H22FN5/c1-13(14-3-5-22-6-4-14)25-20-9-15-7-18(17-11-24-26(2)12-17)19(21)8-16(15)10-23-20/h7-12,14,22H,1,3-6H2,2H3,(H,23,25). The fourth-order valence-electron chi connectivity index (χ4n) is 3.45. The van der Waals surface area contributed by atoms with Crippen LogP contribution in [0.5, 0.6) is 0 Å². The molecule has 0 radical (unpaired) electrons. The Morgan fingerprint density at radius 3 is 2.77 bits per heavy atom. The first-order chi connectivity index (χ1) is 12.6. The van der Waals surface area contributed by atoms with E-state index in [-0.39, 0.29) is 5.82 Å². The molecule has 0 unspecified atom stereocenters. The van der Waals surface area contributed by atoms with Gasteiger partial charge >= 0.3 is 0 Å². The SMILES string of the molecule is C=C(Nc1cc2cc(-c3cnn(C)c3)c(F)cc2cn1)C1CCNCC1. The van der Waals surface area contributed by atoms with Gasteiger partial charge in [0.1, 0.15) is 11.6 Å². The zero-order chi connectivity index (χ0) is 18.1. The summed E-state index contributed by atoms with van der Waals surface area (Å²) < 4.78 is 16.1. The maximum absolute atomic E-state index is 14.5. The molecule has 0 bridgehead atoms. The number of halogens is 1. The molecule has 134 valence electrons. The molecule has 0 spiro atoms. The summed E-state index contributed by atoms with van der Waals surface area (Å²) in [7, 11) is 1.82. The average Bonchev–Trinajstić information content (AvgIpc) is 3.08. The van der Waals surface area contributed by atoms with E-state index < -0.39 is 0 Å². The van der Waals surface area contributed by atoms with Gasteiger partial charge in [-0.3, -0.25) is 4.68 Å². The van der Waals surface area contributed by atoms with Gasteiger partial charge in [-0.05, 0) is 49.5 Å². The van der Waals surface area contributed by atoms with Crippen molar-refractivity contribution in [3.8, 4) is 11.1 Å². The first-order valence-electron chi connectivity index (χ1n) is 8.85. The van der Waals surface area contributed by atoms with Crippen molar-refractivity contribution in [3.63, 3.8) is 0 Å². The lowest BCUT2D eigenvalue weighted by Crippen LogP contribution is -2.30. The lowest BCUT2D eigenvalue weighted by atomic mass is 9.95. The minimum absolute atomic E-state index is 0.271. The number of anilines is 1. The molecule has 0 atom stereocenters. The van der Waals surface area contributed by atoms with Crippen LogP contribution in [0.3, 0.4) is 0 Å². The number of nitrogens with zero attached hydrogens (tertiary/aromatic N) is 3. The molecule has 3 aromatic rings. The van der Waals surface area contributed by atoms with Gasteiger partial charge in [0, 0.05) is 47.6 Å². The second-order valence-electron chi connectivity index (χ2n) is 6.83. The highest BCUT2D eigenvalue weighted by molar-refractivity contribution is 5.88. The van der Waals surface area contributed by atoms with Crippen LogP contribution in [0, 0.1) is 11.7 Å². The first-order valence-corrected chi connectivity index (χ1v) is 8.85. The van der Waals surface area contributed by atoms with Gasteiger partial charge in [0.25, 0.3) is 0 Å². The smallest absolute Gasteiger partial charge is 0.131 e. The van der Waals surface area contributed by atoms with Crippen molar-refractivity contribution >= 4 is 16.6 Å². The third-order valence-corrected chi connectivity index (χ3v) is 4.94. The van der Waals surface area contributed by atoms with Crippen molar-refractivity contribution in [2.24, 2.45) is 13.0 Å². The Kier molecular flexibility index (Phi) is 4.42. The molecule has 5 nitrogen and oxygen atoms in total. The Morgan fingerprint density at radius 2 is 2.04 bits per heavy atom. The summed E-state index contributed by atoms with van der Waals surface area (Å²) in [6.45, 7) is 6.22. The molecule has 1 aliphatic heterocycles. The minimum Gasteiger partial charge on any atom is -0.344 e. The van der Waals surface area contributed by atoms with E-state index in [1.54, 1.807) is 17.1 Å². The maximum atomic E-state index is 14.5. The van der Waals surface area contributed by atoms with Crippen LogP contribution in [0.25, 0.3) is 21.9 Å². The molecule has 3 heterocycles. The molecule has 0 amide bonds. The Balaban J connectivity index is 1.63. The van der Waals surface area contributed by atoms with Gasteiger partial charge in [0.05, 0.1) is 6.20 Å². The lowest BCUT2D eigenvalue weighted by Gasteiger charge is -2.25. The van der Waals surface area contributed by atoms with Gasteiger partial charge in [0.2, 0.25) is 0 Å². The molecule has 1 aliphatic rings. The van der Waals surface area contributed by atoms with Crippen molar-refractivity contribution in [3.05, 3.63) is 54.9 Å². The quantitative estimate of drug-likeness (QED) is 0.753. The summed E-state index contributed by atoms with van der Waals surface area (Å²) in [5.74, 6) is 0.921. The summed E-state index contributed by atoms with van der Waals surface area (Å²) in [5.41, 5.74) is 2.30. The van der Waals surface area contributed by atoms with E-state index in [1.165, 1.54) is 6.07 Å². The summed E-state index contributed by atoms with van der Waals surface area (Å²) in [4.78, 5) is 4.42. The van der Waals surface area contributed by atoms with E-state index in [9.17, 15) is 4.39 Å². The second kappa shape index (κ2) is 6.88. The molecular formula is C20H22FN5. The van der Waals surface area contributed by atoms with Crippen LogP contribution in [-0.2, 0) is 7.05 Å². The number of rotatable bonds is 4. The van der Waals surface area contributed by atoms with E-state index in [0.29, 0.717) is 11.5 Å². The lowest BCUT2D eigenvalue weighted by molar-refractivity contribution is 0.422. The second-order valence-corrected chi connectivity index (χ2v) is 6.83. The number of nitrogens with one attached hydrogen (secondary N) is 2. The number of hydrogen-bond donors (Lipinski definition) is 2. The van der Waals surface area contributed by atoms with E-state index in [1.807, 2.05) is 25.4 Å². The monoisotopic (exact) mass is 351 g/mol. The summed E-state index contributed by atoms with van der Waals surface area (Å²) >= 11 is 0. The third kappa shape index (κ3) is 3.32. The molecule has 26 heavy (non-hydrogen) atoms. The van der Waals surface area contributed by atoms with Crippen molar-refractivity contribution < 1.29 is 4.39 Å². The van der Waals surface area contributed by atoms with Gasteiger partial charge in [0.15, 0.2) is 0 Å². The van der Waals surface area contributed by atoms with Gasteiger partial charge < -0.3 is 10.6 Å². The number of allylic oxidation sites excluding steroid dienone is 1. The molecule has 0 aliphatic carbocycles. The third-order valence-electron chi connectivity index (χ3n) is 4.94. The Labute approximate surface area is 151 Å². The number of benzene rings is 1. The van der Waals surface area contributed by atoms with Gasteiger partial charge in [-0.1, -0.05) is 6.58 Å². The molecule has 1 fully saturated rings. The summed E-state index contributed by atoms with van der Waals surface area (Å²) in [6, 6.07) is 5.32. The molecule has 6 heteroatoms. The Hall–Kier alpha value is -2.73. The molecule has 2 aromatic heterocycles. The topological polar surface area (TPSA) is 54.8 Å². The van der Waals surface area contributed by atoms with Gasteiger partial charge in [-0.2, -0.15) is 5.10 Å². The average molecular weight is 351 g/mol.